The molecule has 1 heterocycles. The van der Waals surface area contributed by atoms with Gasteiger partial charge in [0.25, 0.3) is 0 Å². The molecule has 0 atom stereocenters. The summed E-state index contributed by atoms with van der Waals surface area (Å²) in [5, 5.41) is 1.13. The van der Waals surface area contributed by atoms with Crippen LogP contribution in [0.2, 0.25) is 10.0 Å². The average molecular weight is 241 g/mol. The molecule has 1 rings (SSSR count). The van der Waals surface area contributed by atoms with Gasteiger partial charge in [-0.3, -0.25) is 0 Å². The molecule has 1 aromatic rings. The van der Waals surface area contributed by atoms with Crippen LogP contribution in [0.25, 0.3) is 0 Å². The molecule has 54 valence electrons. The van der Waals surface area contributed by atoms with Gasteiger partial charge in [0.2, 0.25) is 0 Å². The van der Waals surface area contributed by atoms with Gasteiger partial charge in [0, 0.05) is 0 Å². The predicted octanol–water partition coefficient (Wildman–Crippen LogP) is 3.46. The van der Waals surface area contributed by atoms with Crippen LogP contribution in [0.5, 0.6) is 0 Å². The number of hydrogen-bond acceptors (Lipinski definition) is 1. The minimum absolute atomic E-state index is 0.538. The lowest BCUT2D eigenvalue weighted by Gasteiger charge is -1.98. The number of hydrogen-bond donors (Lipinski definition) is 0. The van der Waals surface area contributed by atoms with Crippen molar-refractivity contribution in [1.82, 2.24) is 4.98 Å². The maximum atomic E-state index is 5.72. The molecule has 0 amide bonds. The summed E-state index contributed by atoms with van der Waals surface area (Å²) in [6, 6.07) is 1.66. The molecule has 0 spiro atoms. The minimum Gasteiger partial charge on any atom is -0.243 e. The Morgan fingerprint density at radius 2 is 2.00 bits per heavy atom. The second kappa shape index (κ2) is 3.07. The van der Waals surface area contributed by atoms with Crippen LogP contribution in [0.15, 0.2) is 10.7 Å². The zero-order valence-electron chi connectivity index (χ0n) is 5.16. The van der Waals surface area contributed by atoms with Crippen LogP contribution in [0.1, 0.15) is 5.69 Å². The van der Waals surface area contributed by atoms with E-state index in [0.717, 1.165) is 5.69 Å². The van der Waals surface area contributed by atoms with Crippen LogP contribution < -0.4 is 0 Å². The van der Waals surface area contributed by atoms with Gasteiger partial charge in [0.15, 0.2) is 0 Å². The summed E-state index contributed by atoms with van der Waals surface area (Å²) in [7, 11) is 0. The molecule has 0 fully saturated rings. The maximum Gasteiger partial charge on any atom is 0.125 e. The summed E-state index contributed by atoms with van der Waals surface area (Å²) in [4.78, 5) is 4.03. The average Bonchev–Trinajstić information content (AvgIpc) is 1.84. The van der Waals surface area contributed by atoms with E-state index in [1.165, 1.54) is 0 Å². The van der Waals surface area contributed by atoms with Crippen LogP contribution in [-0.4, -0.2) is 4.98 Å². The van der Waals surface area contributed by atoms with E-state index in [9.17, 15) is 0 Å². The van der Waals surface area contributed by atoms with Crippen molar-refractivity contribution in [2.45, 2.75) is 6.92 Å². The van der Waals surface area contributed by atoms with Gasteiger partial charge in [0.1, 0.15) is 4.60 Å². The van der Waals surface area contributed by atoms with E-state index in [-0.39, 0.29) is 0 Å². The van der Waals surface area contributed by atoms with Crippen molar-refractivity contribution in [3.8, 4) is 0 Å². The van der Waals surface area contributed by atoms with Crippen LogP contribution in [-0.2, 0) is 0 Å². The highest BCUT2D eigenvalue weighted by Gasteiger charge is 2.01. The summed E-state index contributed by atoms with van der Waals surface area (Å²) >= 11 is 14.6. The van der Waals surface area contributed by atoms with E-state index in [2.05, 4.69) is 20.9 Å². The molecule has 4 heteroatoms. The molecular weight excluding hydrogens is 237 g/mol. The third kappa shape index (κ3) is 1.62. The maximum absolute atomic E-state index is 5.72. The number of rotatable bonds is 0. The SMILES string of the molecule is Cc1nc(Br)c(Cl)cc1Cl. The monoisotopic (exact) mass is 239 g/mol. The first-order chi connectivity index (χ1) is 4.61. The van der Waals surface area contributed by atoms with Gasteiger partial charge in [-0.15, -0.1) is 0 Å². The zero-order valence-corrected chi connectivity index (χ0v) is 8.26. The van der Waals surface area contributed by atoms with Crippen molar-refractivity contribution >= 4 is 39.1 Å². The lowest BCUT2D eigenvalue weighted by Crippen LogP contribution is -1.83. The predicted molar refractivity (Wildman–Crippen MR) is 46.7 cm³/mol. The van der Waals surface area contributed by atoms with E-state index < -0.39 is 0 Å². The molecule has 0 saturated carbocycles. The molecule has 0 unspecified atom stereocenters. The fraction of sp³-hybridized carbons (Fsp3) is 0.167. The topological polar surface area (TPSA) is 12.9 Å². The van der Waals surface area contributed by atoms with Crippen LogP contribution in [0.3, 0.4) is 0 Å². The summed E-state index contributed by atoms with van der Waals surface area (Å²) in [6.45, 7) is 1.82. The molecule has 1 aromatic heterocycles. The standard InChI is InChI=1S/C6H4BrCl2N/c1-3-4(8)2-5(9)6(7)10-3/h2H,1H3. The molecule has 10 heavy (non-hydrogen) atoms. The van der Waals surface area contributed by atoms with Crippen molar-refractivity contribution in [2.24, 2.45) is 0 Å². The summed E-state index contributed by atoms with van der Waals surface area (Å²) in [5.74, 6) is 0. The Hall–Kier alpha value is 0.210. The van der Waals surface area contributed by atoms with Crippen LogP contribution >= 0.6 is 39.1 Å². The van der Waals surface area contributed by atoms with Crippen molar-refractivity contribution in [3.63, 3.8) is 0 Å². The Kier molecular flexibility index (Phi) is 2.55. The number of pyridine rings is 1. The van der Waals surface area contributed by atoms with E-state index in [0.29, 0.717) is 14.6 Å². The van der Waals surface area contributed by atoms with E-state index in [1.807, 2.05) is 6.92 Å². The highest BCUT2D eigenvalue weighted by molar-refractivity contribution is 9.10. The smallest absolute Gasteiger partial charge is 0.125 e. The third-order valence-corrected chi connectivity index (χ3v) is 2.57. The number of aromatic nitrogens is 1. The molecule has 0 bridgehead atoms. The van der Waals surface area contributed by atoms with Crippen LogP contribution in [0.4, 0.5) is 0 Å². The molecule has 0 radical (unpaired) electrons. The van der Waals surface area contributed by atoms with Gasteiger partial charge >= 0.3 is 0 Å². The van der Waals surface area contributed by atoms with E-state index in [1.54, 1.807) is 6.07 Å². The summed E-state index contributed by atoms with van der Waals surface area (Å²) in [5.41, 5.74) is 0.776. The van der Waals surface area contributed by atoms with Gasteiger partial charge in [-0.1, -0.05) is 23.2 Å². The van der Waals surface area contributed by atoms with Crippen molar-refractivity contribution in [1.29, 1.82) is 0 Å². The Balaban J connectivity index is 3.28. The summed E-state index contributed by atoms with van der Waals surface area (Å²) < 4.78 is 0.635. The first-order valence-electron chi connectivity index (χ1n) is 2.59. The molecule has 0 aliphatic rings. The second-order valence-corrected chi connectivity index (χ2v) is 3.39. The Labute approximate surface area is 77.5 Å². The number of nitrogens with zero attached hydrogens (tertiary/aromatic N) is 1. The molecule has 0 N–H and O–H groups in total. The van der Waals surface area contributed by atoms with Gasteiger partial charge in [-0.25, -0.2) is 4.98 Å². The molecule has 0 aliphatic heterocycles. The van der Waals surface area contributed by atoms with Gasteiger partial charge in [-0.05, 0) is 28.9 Å². The van der Waals surface area contributed by atoms with E-state index >= 15 is 0 Å². The number of halogens is 3. The Bertz CT molecular complexity index is 212. The highest BCUT2D eigenvalue weighted by atomic mass is 79.9. The fourth-order valence-electron chi connectivity index (χ4n) is 0.529. The van der Waals surface area contributed by atoms with Crippen molar-refractivity contribution in [2.75, 3.05) is 0 Å². The molecule has 1 nitrogen and oxygen atoms in total. The van der Waals surface area contributed by atoms with Gasteiger partial charge < -0.3 is 0 Å². The summed E-state index contributed by atoms with van der Waals surface area (Å²) in [6.07, 6.45) is 0. The largest absolute Gasteiger partial charge is 0.243 e. The molecule has 0 aliphatic carbocycles. The zero-order chi connectivity index (χ0) is 7.72. The Morgan fingerprint density at radius 1 is 1.40 bits per heavy atom. The normalized spacial score (nSPS) is 10.0. The first-order valence-corrected chi connectivity index (χ1v) is 4.14. The minimum atomic E-state index is 0.538. The second-order valence-electron chi connectivity index (χ2n) is 1.83. The highest BCUT2D eigenvalue weighted by Crippen LogP contribution is 2.25. The van der Waals surface area contributed by atoms with Gasteiger partial charge in [0.05, 0.1) is 15.7 Å². The van der Waals surface area contributed by atoms with Gasteiger partial charge in [-0.2, -0.15) is 0 Å². The lowest BCUT2D eigenvalue weighted by molar-refractivity contribution is 1.17. The molecular formula is C6H4BrCl2N. The quantitative estimate of drug-likeness (QED) is 0.633. The lowest BCUT2D eigenvalue weighted by atomic mass is 10.4. The first kappa shape index (κ1) is 8.31. The third-order valence-electron chi connectivity index (χ3n) is 1.06. The van der Waals surface area contributed by atoms with E-state index in [4.69, 9.17) is 23.2 Å². The van der Waals surface area contributed by atoms with Crippen molar-refractivity contribution < 1.29 is 0 Å². The Morgan fingerprint density at radius 3 is 2.50 bits per heavy atom. The number of aryl methyl sites for hydroxylation is 1. The van der Waals surface area contributed by atoms with Crippen molar-refractivity contribution in [3.05, 3.63) is 26.4 Å². The molecule has 0 saturated heterocycles. The van der Waals surface area contributed by atoms with Crippen LogP contribution in [0, 0.1) is 6.92 Å². The molecule has 0 aromatic carbocycles. The fourth-order valence-corrected chi connectivity index (χ4v) is 1.27.